The fourth-order valence-electron chi connectivity index (χ4n) is 6.33. The van der Waals surface area contributed by atoms with Gasteiger partial charge in [0.05, 0.1) is 6.10 Å². The van der Waals surface area contributed by atoms with E-state index in [9.17, 15) is 0 Å². The smallest absolute Gasteiger partial charge is 0.119 e. The maximum atomic E-state index is 6.41. The lowest BCUT2D eigenvalue weighted by atomic mass is 10.0. The molecule has 6 rings (SSSR count). The van der Waals surface area contributed by atoms with Crippen molar-refractivity contribution in [2.75, 3.05) is 9.80 Å². The van der Waals surface area contributed by atoms with Crippen LogP contribution in [0.25, 0.3) is 11.1 Å². The standard InChI is InChI=1S/C45H47N2OP/c1-3-5-6-13-20-43(4-2)48-44-32-30-41(31-33-44)46(37-15-9-7-10-16-37)39-26-22-35(23-27-39)36-24-28-40(29-25-36)47(38-17-11-8-12-18-38)42-19-14-21-45(49)34-42/h7-12,14-19,21-34,43H,3-6,13,20,49H2,1-2H3. The number of unbranched alkanes of at least 4 members (excludes halogenated alkanes) is 3. The number of anilines is 6. The van der Waals surface area contributed by atoms with Crippen molar-refractivity contribution in [3.05, 3.63) is 158 Å². The normalized spacial score (nSPS) is 11.6. The lowest BCUT2D eigenvalue weighted by molar-refractivity contribution is 0.182. The Balaban J connectivity index is 1.22. The van der Waals surface area contributed by atoms with Gasteiger partial charge in [0, 0.05) is 34.1 Å². The summed E-state index contributed by atoms with van der Waals surface area (Å²) in [7, 11) is 2.81. The number of hydrogen-bond donors (Lipinski definition) is 0. The SMILES string of the molecule is CCCCCCC(CC)Oc1ccc(N(c2ccccc2)c2ccc(-c3ccc(N(c4ccccc4)c4cccc(P)c4)cc3)cc2)cc1. The molecule has 0 aliphatic rings. The van der Waals surface area contributed by atoms with Crippen LogP contribution in [0.2, 0.25) is 0 Å². The molecule has 2 unspecified atom stereocenters. The Hall–Kier alpha value is -4.85. The van der Waals surface area contributed by atoms with E-state index in [1.165, 1.54) is 36.8 Å². The average Bonchev–Trinajstić information content (AvgIpc) is 3.15. The summed E-state index contributed by atoms with van der Waals surface area (Å²) in [5, 5.41) is 1.15. The molecule has 2 atom stereocenters. The Labute approximate surface area is 295 Å². The van der Waals surface area contributed by atoms with Crippen molar-refractivity contribution in [2.24, 2.45) is 0 Å². The van der Waals surface area contributed by atoms with Crippen molar-refractivity contribution in [3.63, 3.8) is 0 Å². The summed E-state index contributed by atoms with van der Waals surface area (Å²) in [5.41, 5.74) is 9.05. The van der Waals surface area contributed by atoms with E-state index in [0.29, 0.717) is 0 Å². The molecule has 248 valence electrons. The number of para-hydroxylation sites is 2. The molecule has 0 amide bonds. The molecule has 0 aromatic heterocycles. The van der Waals surface area contributed by atoms with Crippen molar-refractivity contribution < 1.29 is 4.74 Å². The second-order valence-electron chi connectivity index (χ2n) is 12.5. The van der Waals surface area contributed by atoms with Gasteiger partial charge in [-0.3, -0.25) is 0 Å². The first-order valence-electron chi connectivity index (χ1n) is 17.7. The molecule has 3 nitrogen and oxygen atoms in total. The van der Waals surface area contributed by atoms with Crippen LogP contribution in [0.5, 0.6) is 5.75 Å². The molecular weight excluding hydrogens is 615 g/mol. The average molecular weight is 663 g/mol. The van der Waals surface area contributed by atoms with Crippen molar-refractivity contribution in [2.45, 2.75) is 58.5 Å². The Morgan fingerprint density at radius 3 is 1.45 bits per heavy atom. The van der Waals surface area contributed by atoms with Crippen LogP contribution in [0.3, 0.4) is 0 Å². The fraction of sp³-hybridized carbons (Fsp3) is 0.200. The first-order valence-corrected chi connectivity index (χ1v) is 18.2. The van der Waals surface area contributed by atoms with Crippen LogP contribution in [0.4, 0.5) is 34.1 Å². The van der Waals surface area contributed by atoms with Gasteiger partial charge in [-0.1, -0.05) is 106 Å². The van der Waals surface area contributed by atoms with Crippen LogP contribution in [0.15, 0.2) is 158 Å². The first kappa shape index (κ1) is 34.0. The summed E-state index contributed by atoms with van der Waals surface area (Å²) in [6, 6.07) is 55.9. The Kier molecular flexibility index (Phi) is 11.8. The number of rotatable bonds is 15. The highest BCUT2D eigenvalue weighted by Gasteiger charge is 2.15. The van der Waals surface area contributed by atoms with E-state index in [2.05, 4.69) is 191 Å². The van der Waals surface area contributed by atoms with Crippen LogP contribution < -0.4 is 19.8 Å². The molecule has 0 heterocycles. The zero-order chi connectivity index (χ0) is 33.8. The largest absolute Gasteiger partial charge is 0.490 e. The third-order valence-electron chi connectivity index (χ3n) is 8.97. The van der Waals surface area contributed by atoms with Crippen molar-refractivity contribution >= 4 is 48.7 Å². The summed E-state index contributed by atoms with van der Waals surface area (Å²) in [6.07, 6.45) is 7.47. The van der Waals surface area contributed by atoms with Gasteiger partial charge in [-0.25, -0.2) is 0 Å². The number of hydrogen-bond acceptors (Lipinski definition) is 3. The molecule has 0 aliphatic heterocycles. The van der Waals surface area contributed by atoms with Gasteiger partial charge in [0.2, 0.25) is 0 Å². The highest BCUT2D eigenvalue weighted by Crippen LogP contribution is 2.38. The van der Waals surface area contributed by atoms with Crippen LogP contribution in [0, 0.1) is 0 Å². The summed E-state index contributed by atoms with van der Waals surface area (Å²) in [6.45, 7) is 4.48. The fourth-order valence-corrected chi connectivity index (χ4v) is 6.61. The van der Waals surface area contributed by atoms with Crippen LogP contribution in [-0.2, 0) is 0 Å². The molecule has 0 spiro atoms. The molecule has 0 bridgehead atoms. The topological polar surface area (TPSA) is 15.7 Å². The van der Waals surface area contributed by atoms with Crippen LogP contribution >= 0.6 is 9.24 Å². The van der Waals surface area contributed by atoms with Gasteiger partial charge in [-0.15, -0.1) is 9.24 Å². The van der Waals surface area contributed by atoms with E-state index >= 15 is 0 Å². The second-order valence-corrected chi connectivity index (χ2v) is 13.2. The quantitative estimate of drug-likeness (QED) is 0.0804. The van der Waals surface area contributed by atoms with E-state index in [1.807, 2.05) is 0 Å². The predicted octanol–water partition coefficient (Wildman–Crippen LogP) is 12.9. The molecule has 0 radical (unpaired) electrons. The van der Waals surface area contributed by atoms with E-state index in [-0.39, 0.29) is 6.10 Å². The molecule has 0 saturated heterocycles. The highest BCUT2D eigenvalue weighted by molar-refractivity contribution is 7.27. The molecule has 6 aromatic rings. The second kappa shape index (κ2) is 17.0. The third-order valence-corrected chi connectivity index (χ3v) is 9.33. The summed E-state index contributed by atoms with van der Waals surface area (Å²) >= 11 is 0. The summed E-state index contributed by atoms with van der Waals surface area (Å²) in [4.78, 5) is 4.60. The van der Waals surface area contributed by atoms with Gasteiger partial charge in [-0.05, 0) is 121 Å². The Bertz CT molecular complexity index is 1860. The van der Waals surface area contributed by atoms with E-state index in [4.69, 9.17) is 4.74 Å². The van der Waals surface area contributed by atoms with E-state index in [1.54, 1.807) is 0 Å². The first-order chi connectivity index (χ1) is 24.1. The maximum absolute atomic E-state index is 6.41. The van der Waals surface area contributed by atoms with Crippen molar-refractivity contribution in [1.29, 1.82) is 0 Å². The van der Waals surface area contributed by atoms with Gasteiger partial charge in [0.25, 0.3) is 0 Å². The third kappa shape index (κ3) is 8.79. The number of ether oxygens (including phenoxy) is 1. The van der Waals surface area contributed by atoms with E-state index in [0.717, 1.165) is 58.0 Å². The lowest BCUT2D eigenvalue weighted by Gasteiger charge is -2.26. The number of benzene rings is 6. The molecule has 49 heavy (non-hydrogen) atoms. The lowest BCUT2D eigenvalue weighted by Crippen LogP contribution is -2.15. The maximum Gasteiger partial charge on any atom is 0.119 e. The molecular formula is C45H47N2OP. The summed E-state index contributed by atoms with van der Waals surface area (Å²) < 4.78 is 6.41. The Morgan fingerprint density at radius 2 is 0.959 bits per heavy atom. The molecule has 0 aliphatic carbocycles. The molecule has 6 aromatic carbocycles. The molecule has 0 N–H and O–H groups in total. The van der Waals surface area contributed by atoms with Crippen molar-refractivity contribution in [3.8, 4) is 16.9 Å². The minimum Gasteiger partial charge on any atom is -0.490 e. The van der Waals surface area contributed by atoms with Gasteiger partial charge in [0.1, 0.15) is 5.75 Å². The monoisotopic (exact) mass is 662 g/mol. The Morgan fingerprint density at radius 1 is 0.490 bits per heavy atom. The minimum absolute atomic E-state index is 0.262. The molecule has 4 heteroatoms. The molecule has 0 saturated carbocycles. The van der Waals surface area contributed by atoms with Crippen molar-refractivity contribution in [1.82, 2.24) is 0 Å². The van der Waals surface area contributed by atoms with Gasteiger partial charge < -0.3 is 14.5 Å². The van der Waals surface area contributed by atoms with E-state index < -0.39 is 0 Å². The van der Waals surface area contributed by atoms with Crippen LogP contribution in [-0.4, -0.2) is 6.10 Å². The highest BCUT2D eigenvalue weighted by atomic mass is 31.0. The zero-order valence-electron chi connectivity index (χ0n) is 28.7. The summed E-state index contributed by atoms with van der Waals surface area (Å²) in [5.74, 6) is 0.935. The minimum atomic E-state index is 0.262. The van der Waals surface area contributed by atoms with Gasteiger partial charge in [-0.2, -0.15) is 0 Å². The van der Waals surface area contributed by atoms with Crippen LogP contribution in [0.1, 0.15) is 52.4 Å². The molecule has 0 fully saturated rings. The van der Waals surface area contributed by atoms with Gasteiger partial charge >= 0.3 is 0 Å². The zero-order valence-corrected chi connectivity index (χ0v) is 29.9. The van der Waals surface area contributed by atoms with Gasteiger partial charge in [0.15, 0.2) is 0 Å². The number of nitrogens with zero attached hydrogens (tertiary/aromatic N) is 2. The predicted molar refractivity (Wildman–Crippen MR) is 214 cm³/mol.